The van der Waals surface area contributed by atoms with Crippen molar-refractivity contribution >= 4 is 0 Å². The Morgan fingerprint density at radius 3 is 2.94 bits per heavy atom. The normalized spacial score (nSPS) is 22.2. The third kappa shape index (κ3) is 2.58. The molecular formula is C13H18FNO2. The summed E-state index contributed by atoms with van der Waals surface area (Å²) in [5.41, 5.74) is 1.48. The lowest BCUT2D eigenvalue weighted by atomic mass is 9.97. The van der Waals surface area contributed by atoms with E-state index in [0.717, 1.165) is 12.1 Å². The predicted molar refractivity (Wildman–Crippen MR) is 64.1 cm³/mol. The second-order valence-electron chi connectivity index (χ2n) is 4.14. The summed E-state index contributed by atoms with van der Waals surface area (Å²) in [6.45, 7) is 3.74. The minimum Gasteiger partial charge on any atom is -0.496 e. The van der Waals surface area contributed by atoms with Crippen LogP contribution in [0.15, 0.2) is 18.2 Å². The van der Waals surface area contributed by atoms with E-state index in [4.69, 9.17) is 9.47 Å². The van der Waals surface area contributed by atoms with E-state index in [1.54, 1.807) is 13.2 Å². The van der Waals surface area contributed by atoms with Gasteiger partial charge in [-0.3, -0.25) is 0 Å². The number of morpholine rings is 1. The van der Waals surface area contributed by atoms with Crippen LogP contribution >= 0.6 is 0 Å². The molecule has 2 unspecified atom stereocenters. The van der Waals surface area contributed by atoms with Crippen molar-refractivity contribution in [1.82, 2.24) is 5.32 Å². The van der Waals surface area contributed by atoms with Gasteiger partial charge in [0.25, 0.3) is 0 Å². The SMILES string of the molecule is COc1cccc(C2CNCCO2)c1C(C)F. The molecule has 1 heterocycles. The molecule has 2 rings (SSSR count). The maximum atomic E-state index is 13.7. The Hall–Kier alpha value is -1.13. The average molecular weight is 239 g/mol. The lowest BCUT2D eigenvalue weighted by Gasteiger charge is -2.27. The summed E-state index contributed by atoms with van der Waals surface area (Å²) in [6, 6.07) is 5.56. The number of alkyl halides is 1. The first-order chi connectivity index (χ1) is 8.24. The number of ether oxygens (including phenoxy) is 2. The Morgan fingerprint density at radius 1 is 1.53 bits per heavy atom. The number of hydrogen-bond acceptors (Lipinski definition) is 3. The van der Waals surface area contributed by atoms with E-state index in [1.807, 2.05) is 12.1 Å². The maximum absolute atomic E-state index is 13.7. The van der Waals surface area contributed by atoms with E-state index in [9.17, 15) is 4.39 Å². The van der Waals surface area contributed by atoms with Gasteiger partial charge in [-0.2, -0.15) is 0 Å². The van der Waals surface area contributed by atoms with Gasteiger partial charge >= 0.3 is 0 Å². The molecule has 3 nitrogen and oxygen atoms in total. The molecule has 0 aromatic heterocycles. The van der Waals surface area contributed by atoms with Gasteiger partial charge in [0.15, 0.2) is 0 Å². The van der Waals surface area contributed by atoms with E-state index in [2.05, 4.69) is 5.32 Å². The third-order valence-corrected chi connectivity index (χ3v) is 2.99. The number of methoxy groups -OCH3 is 1. The van der Waals surface area contributed by atoms with Gasteiger partial charge < -0.3 is 14.8 Å². The highest BCUT2D eigenvalue weighted by Crippen LogP contribution is 2.35. The zero-order chi connectivity index (χ0) is 12.3. The second-order valence-corrected chi connectivity index (χ2v) is 4.14. The molecule has 0 aliphatic carbocycles. The fourth-order valence-electron chi connectivity index (χ4n) is 2.21. The summed E-state index contributed by atoms with van der Waals surface area (Å²) < 4.78 is 24.6. The minimum atomic E-state index is -1.06. The highest BCUT2D eigenvalue weighted by Gasteiger charge is 2.23. The third-order valence-electron chi connectivity index (χ3n) is 2.99. The fraction of sp³-hybridized carbons (Fsp3) is 0.538. The highest BCUT2D eigenvalue weighted by atomic mass is 19.1. The molecule has 1 aliphatic rings. The van der Waals surface area contributed by atoms with Gasteiger partial charge in [0, 0.05) is 18.7 Å². The standard InChI is InChI=1S/C13H18FNO2/c1-9(14)13-10(4-3-5-11(13)16-2)12-8-15-6-7-17-12/h3-5,9,12,15H,6-8H2,1-2H3. The van der Waals surface area contributed by atoms with Crippen molar-refractivity contribution in [2.45, 2.75) is 19.2 Å². The maximum Gasteiger partial charge on any atom is 0.126 e. The first-order valence-corrected chi connectivity index (χ1v) is 5.87. The molecule has 1 aromatic rings. The molecule has 0 spiro atoms. The molecule has 1 N–H and O–H groups in total. The molecule has 0 radical (unpaired) electrons. The number of hydrogen-bond donors (Lipinski definition) is 1. The van der Waals surface area contributed by atoms with Crippen molar-refractivity contribution in [3.05, 3.63) is 29.3 Å². The Labute approximate surface area is 101 Å². The molecule has 1 fully saturated rings. The van der Waals surface area contributed by atoms with E-state index in [0.29, 0.717) is 24.5 Å². The lowest BCUT2D eigenvalue weighted by Crippen LogP contribution is -2.33. The number of benzene rings is 1. The topological polar surface area (TPSA) is 30.5 Å². The largest absolute Gasteiger partial charge is 0.496 e. The van der Waals surface area contributed by atoms with Crippen LogP contribution in [-0.4, -0.2) is 26.8 Å². The van der Waals surface area contributed by atoms with Gasteiger partial charge in [-0.25, -0.2) is 4.39 Å². The molecule has 4 heteroatoms. The highest BCUT2D eigenvalue weighted by molar-refractivity contribution is 5.43. The molecule has 1 aromatic carbocycles. The quantitative estimate of drug-likeness (QED) is 0.878. The Balaban J connectivity index is 2.37. The van der Waals surface area contributed by atoms with Crippen molar-refractivity contribution in [3.63, 3.8) is 0 Å². The van der Waals surface area contributed by atoms with Crippen molar-refractivity contribution < 1.29 is 13.9 Å². The molecule has 0 amide bonds. The first-order valence-electron chi connectivity index (χ1n) is 5.87. The smallest absolute Gasteiger partial charge is 0.126 e. The number of halogens is 1. The lowest BCUT2D eigenvalue weighted by molar-refractivity contribution is 0.0263. The summed E-state index contributed by atoms with van der Waals surface area (Å²) in [7, 11) is 1.56. The van der Waals surface area contributed by atoms with Crippen LogP contribution in [0.5, 0.6) is 5.75 Å². The second kappa shape index (κ2) is 5.47. The van der Waals surface area contributed by atoms with Gasteiger partial charge in [-0.15, -0.1) is 0 Å². The Bertz CT molecular complexity index is 376. The number of rotatable bonds is 3. The fourth-order valence-corrected chi connectivity index (χ4v) is 2.21. The van der Waals surface area contributed by atoms with Gasteiger partial charge in [0.1, 0.15) is 11.9 Å². The average Bonchev–Trinajstić information content (AvgIpc) is 2.38. The van der Waals surface area contributed by atoms with Gasteiger partial charge in [0.05, 0.1) is 19.8 Å². The van der Waals surface area contributed by atoms with E-state index in [-0.39, 0.29) is 6.10 Å². The summed E-state index contributed by atoms with van der Waals surface area (Å²) in [5.74, 6) is 0.590. The molecule has 17 heavy (non-hydrogen) atoms. The van der Waals surface area contributed by atoms with E-state index >= 15 is 0 Å². The molecule has 0 saturated carbocycles. The molecular weight excluding hydrogens is 221 g/mol. The monoisotopic (exact) mass is 239 g/mol. The van der Waals surface area contributed by atoms with Crippen LogP contribution in [0.3, 0.4) is 0 Å². The first kappa shape index (κ1) is 12.3. The number of nitrogens with one attached hydrogen (secondary N) is 1. The van der Waals surface area contributed by atoms with Crippen LogP contribution in [0.2, 0.25) is 0 Å². The van der Waals surface area contributed by atoms with Gasteiger partial charge in [0.2, 0.25) is 0 Å². The molecule has 1 saturated heterocycles. The Morgan fingerprint density at radius 2 is 2.35 bits per heavy atom. The molecule has 94 valence electrons. The summed E-state index contributed by atoms with van der Waals surface area (Å²) in [6.07, 6.45) is -1.15. The van der Waals surface area contributed by atoms with E-state index in [1.165, 1.54) is 6.92 Å². The van der Waals surface area contributed by atoms with Crippen LogP contribution in [0, 0.1) is 0 Å². The van der Waals surface area contributed by atoms with Crippen molar-refractivity contribution in [1.29, 1.82) is 0 Å². The van der Waals surface area contributed by atoms with Crippen molar-refractivity contribution in [3.8, 4) is 5.75 Å². The van der Waals surface area contributed by atoms with Crippen molar-refractivity contribution in [2.24, 2.45) is 0 Å². The molecule has 2 atom stereocenters. The van der Waals surface area contributed by atoms with Crippen LogP contribution in [0.1, 0.15) is 30.3 Å². The van der Waals surface area contributed by atoms with E-state index < -0.39 is 6.17 Å². The van der Waals surface area contributed by atoms with Crippen molar-refractivity contribution in [2.75, 3.05) is 26.8 Å². The minimum absolute atomic E-state index is 0.0907. The predicted octanol–water partition coefficient (Wildman–Crippen LogP) is 2.39. The van der Waals surface area contributed by atoms with Gasteiger partial charge in [-0.1, -0.05) is 12.1 Å². The summed E-state index contributed by atoms with van der Waals surface area (Å²) in [5, 5.41) is 3.25. The van der Waals surface area contributed by atoms with Gasteiger partial charge in [-0.05, 0) is 18.6 Å². The zero-order valence-corrected chi connectivity index (χ0v) is 10.2. The van der Waals surface area contributed by atoms with Crippen LogP contribution in [0.25, 0.3) is 0 Å². The molecule has 1 aliphatic heterocycles. The summed E-state index contributed by atoms with van der Waals surface area (Å²) in [4.78, 5) is 0. The van der Waals surface area contributed by atoms with Crippen LogP contribution in [-0.2, 0) is 4.74 Å². The van der Waals surface area contributed by atoms with Crippen LogP contribution < -0.4 is 10.1 Å². The zero-order valence-electron chi connectivity index (χ0n) is 10.2. The van der Waals surface area contributed by atoms with Crippen LogP contribution in [0.4, 0.5) is 4.39 Å². The molecule has 0 bridgehead atoms. The summed E-state index contributed by atoms with van der Waals surface area (Å²) >= 11 is 0. The Kier molecular flexibility index (Phi) is 3.97.